The standard InChI is InChI=1S/C13H22O3/c1-3-4-5-6-7-8-11-9-10-12(16-11)13(14)15-2/h9-12H,3-8H2,1-2H3. The van der Waals surface area contributed by atoms with E-state index in [1.54, 1.807) is 6.08 Å². The fourth-order valence-corrected chi connectivity index (χ4v) is 1.87. The molecule has 1 aliphatic rings. The predicted octanol–water partition coefficient (Wildman–Crippen LogP) is 2.84. The van der Waals surface area contributed by atoms with E-state index >= 15 is 0 Å². The molecule has 2 unspecified atom stereocenters. The smallest absolute Gasteiger partial charge is 0.339 e. The first-order valence-corrected chi connectivity index (χ1v) is 6.19. The molecule has 1 aliphatic heterocycles. The van der Waals surface area contributed by atoms with Crippen molar-refractivity contribution in [2.75, 3.05) is 7.11 Å². The molecule has 16 heavy (non-hydrogen) atoms. The lowest BCUT2D eigenvalue weighted by Crippen LogP contribution is -2.23. The van der Waals surface area contributed by atoms with Crippen LogP contribution in [0.3, 0.4) is 0 Å². The lowest BCUT2D eigenvalue weighted by atomic mass is 10.1. The van der Waals surface area contributed by atoms with Crippen molar-refractivity contribution in [2.24, 2.45) is 0 Å². The van der Waals surface area contributed by atoms with Crippen molar-refractivity contribution in [2.45, 2.75) is 57.7 Å². The maximum absolute atomic E-state index is 11.2. The Morgan fingerprint density at radius 3 is 2.69 bits per heavy atom. The van der Waals surface area contributed by atoms with Gasteiger partial charge in [-0.15, -0.1) is 0 Å². The molecule has 0 aliphatic carbocycles. The average Bonchev–Trinajstić information content (AvgIpc) is 2.76. The van der Waals surface area contributed by atoms with E-state index in [4.69, 9.17) is 4.74 Å². The van der Waals surface area contributed by atoms with Crippen LogP contribution in [0.15, 0.2) is 12.2 Å². The minimum atomic E-state index is -0.481. The molecule has 3 nitrogen and oxygen atoms in total. The molecule has 2 atom stereocenters. The summed E-state index contributed by atoms with van der Waals surface area (Å²) in [5.74, 6) is -0.301. The molecule has 1 heterocycles. The third-order valence-corrected chi connectivity index (χ3v) is 2.85. The first kappa shape index (κ1) is 13.2. The molecule has 0 aromatic carbocycles. The van der Waals surface area contributed by atoms with Gasteiger partial charge in [-0.25, -0.2) is 4.79 Å². The largest absolute Gasteiger partial charge is 0.467 e. The molecule has 0 amide bonds. The van der Waals surface area contributed by atoms with Crippen molar-refractivity contribution in [3.63, 3.8) is 0 Å². The summed E-state index contributed by atoms with van der Waals surface area (Å²) in [6, 6.07) is 0. The molecular weight excluding hydrogens is 204 g/mol. The van der Waals surface area contributed by atoms with E-state index in [1.807, 2.05) is 6.08 Å². The summed E-state index contributed by atoms with van der Waals surface area (Å²) in [6.45, 7) is 2.21. The van der Waals surface area contributed by atoms with Gasteiger partial charge in [0.2, 0.25) is 0 Å². The molecule has 3 heteroatoms. The quantitative estimate of drug-likeness (QED) is 0.380. The van der Waals surface area contributed by atoms with Gasteiger partial charge in [0.15, 0.2) is 6.10 Å². The van der Waals surface area contributed by atoms with E-state index in [-0.39, 0.29) is 12.1 Å². The SMILES string of the molecule is CCCCCCCC1C=CC(C(=O)OC)O1. The highest BCUT2D eigenvalue weighted by Gasteiger charge is 2.25. The maximum Gasteiger partial charge on any atom is 0.339 e. The van der Waals surface area contributed by atoms with Crippen LogP contribution in [0, 0.1) is 0 Å². The van der Waals surface area contributed by atoms with Crippen LogP contribution in [0.4, 0.5) is 0 Å². The number of esters is 1. The molecule has 0 spiro atoms. The normalized spacial score (nSPS) is 23.6. The Morgan fingerprint density at radius 2 is 2.00 bits per heavy atom. The minimum absolute atomic E-state index is 0.103. The summed E-state index contributed by atoms with van der Waals surface area (Å²) in [5, 5.41) is 0. The van der Waals surface area contributed by atoms with Crippen LogP contribution in [0.1, 0.15) is 45.4 Å². The third-order valence-electron chi connectivity index (χ3n) is 2.85. The third kappa shape index (κ3) is 4.35. The van der Waals surface area contributed by atoms with Crippen molar-refractivity contribution in [1.82, 2.24) is 0 Å². The van der Waals surface area contributed by atoms with Gasteiger partial charge in [-0.2, -0.15) is 0 Å². The molecule has 0 fully saturated rings. The zero-order valence-electron chi connectivity index (χ0n) is 10.3. The molecule has 0 radical (unpaired) electrons. The summed E-state index contributed by atoms with van der Waals surface area (Å²) in [7, 11) is 1.39. The van der Waals surface area contributed by atoms with E-state index in [0.29, 0.717) is 0 Å². The Kier molecular flexibility index (Phi) is 6.16. The van der Waals surface area contributed by atoms with Crippen molar-refractivity contribution >= 4 is 5.97 Å². The molecule has 0 N–H and O–H groups in total. The zero-order chi connectivity index (χ0) is 11.8. The van der Waals surface area contributed by atoms with Crippen molar-refractivity contribution in [3.8, 4) is 0 Å². The van der Waals surface area contributed by atoms with E-state index < -0.39 is 6.10 Å². The molecule has 0 aromatic rings. The first-order chi connectivity index (χ1) is 7.77. The predicted molar refractivity (Wildman–Crippen MR) is 63.2 cm³/mol. The highest BCUT2D eigenvalue weighted by molar-refractivity contribution is 5.77. The maximum atomic E-state index is 11.2. The number of carbonyl (C=O) groups excluding carboxylic acids is 1. The van der Waals surface area contributed by atoms with Crippen LogP contribution in [-0.4, -0.2) is 25.3 Å². The average molecular weight is 226 g/mol. The van der Waals surface area contributed by atoms with Gasteiger partial charge in [0.25, 0.3) is 0 Å². The second-order valence-electron chi connectivity index (χ2n) is 4.21. The van der Waals surface area contributed by atoms with Crippen molar-refractivity contribution < 1.29 is 14.3 Å². The van der Waals surface area contributed by atoms with Crippen molar-refractivity contribution in [3.05, 3.63) is 12.2 Å². The topological polar surface area (TPSA) is 35.5 Å². The van der Waals surface area contributed by atoms with E-state index in [1.165, 1.54) is 39.2 Å². The number of hydrogen-bond donors (Lipinski definition) is 0. The Labute approximate surface area is 97.8 Å². The fourth-order valence-electron chi connectivity index (χ4n) is 1.87. The molecule has 0 bridgehead atoms. The molecule has 0 aromatic heterocycles. The molecule has 1 rings (SSSR count). The number of hydrogen-bond acceptors (Lipinski definition) is 3. The van der Waals surface area contributed by atoms with Gasteiger partial charge in [0.05, 0.1) is 13.2 Å². The fraction of sp³-hybridized carbons (Fsp3) is 0.769. The summed E-state index contributed by atoms with van der Waals surface area (Å²) in [6.07, 6.45) is 10.7. The summed E-state index contributed by atoms with van der Waals surface area (Å²) in [5.41, 5.74) is 0. The molecular formula is C13H22O3. The van der Waals surface area contributed by atoms with Gasteiger partial charge in [-0.3, -0.25) is 0 Å². The second-order valence-corrected chi connectivity index (χ2v) is 4.21. The van der Waals surface area contributed by atoms with Crippen LogP contribution in [-0.2, 0) is 14.3 Å². The van der Waals surface area contributed by atoms with Crippen molar-refractivity contribution in [1.29, 1.82) is 0 Å². The van der Waals surface area contributed by atoms with Gasteiger partial charge in [-0.1, -0.05) is 45.1 Å². The van der Waals surface area contributed by atoms with Crippen LogP contribution in [0.2, 0.25) is 0 Å². The Morgan fingerprint density at radius 1 is 1.25 bits per heavy atom. The van der Waals surface area contributed by atoms with Gasteiger partial charge in [-0.05, 0) is 12.5 Å². The van der Waals surface area contributed by atoms with Gasteiger partial charge < -0.3 is 9.47 Å². The van der Waals surface area contributed by atoms with E-state index in [9.17, 15) is 4.79 Å². The lowest BCUT2D eigenvalue weighted by Gasteiger charge is -2.12. The van der Waals surface area contributed by atoms with Crippen LogP contribution in [0.25, 0.3) is 0 Å². The lowest BCUT2D eigenvalue weighted by molar-refractivity contribution is -0.151. The summed E-state index contributed by atoms with van der Waals surface area (Å²) in [4.78, 5) is 11.2. The Bertz CT molecular complexity index is 235. The number of methoxy groups -OCH3 is 1. The van der Waals surface area contributed by atoms with Crippen LogP contribution >= 0.6 is 0 Å². The minimum Gasteiger partial charge on any atom is -0.467 e. The van der Waals surface area contributed by atoms with Gasteiger partial charge >= 0.3 is 5.97 Å². The highest BCUT2D eigenvalue weighted by atomic mass is 16.6. The number of rotatable bonds is 7. The van der Waals surface area contributed by atoms with Gasteiger partial charge in [0, 0.05) is 0 Å². The highest BCUT2D eigenvalue weighted by Crippen LogP contribution is 2.18. The first-order valence-electron chi connectivity index (χ1n) is 6.19. The van der Waals surface area contributed by atoms with Crippen LogP contribution < -0.4 is 0 Å². The van der Waals surface area contributed by atoms with Crippen LogP contribution in [0.5, 0.6) is 0 Å². The molecule has 0 saturated heterocycles. The molecule has 92 valence electrons. The van der Waals surface area contributed by atoms with E-state index in [2.05, 4.69) is 11.7 Å². The van der Waals surface area contributed by atoms with Gasteiger partial charge in [0.1, 0.15) is 0 Å². The zero-order valence-corrected chi connectivity index (χ0v) is 10.3. The molecule has 0 saturated carbocycles. The Balaban J connectivity index is 2.08. The monoisotopic (exact) mass is 226 g/mol. The number of ether oxygens (including phenoxy) is 2. The number of unbranched alkanes of at least 4 members (excludes halogenated alkanes) is 4. The summed E-state index contributed by atoms with van der Waals surface area (Å²) < 4.78 is 10.2. The Hall–Kier alpha value is -0.830. The second kappa shape index (κ2) is 7.44. The number of carbonyl (C=O) groups is 1. The summed E-state index contributed by atoms with van der Waals surface area (Å²) >= 11 is 0. The van der Waals surface area contributed by atoms with E-state index in [0.717, 1.165) is 6.42 Å².